The first-order chi connectivity index (χ1) is 29.1. The topological polar surface area (TPSA) is 78.9 Å². The van der Waals surface area contributed by atoms with E-state index in [1.54, 1.807) is 0 Å². The molecule has 0 aromatic carbocycles. The fourth-order valence-electron chi connectivity index (χ4n) is 8.12. The summed E-state index contributed by atoms with van der Waals surface area (Å²) in [6, 6.07) is 0. The van der Waals surface area contributed by atoms with Crippen molar-refractivity contribution in [3.8, 4) is 0 Å². The minimum Gasteiger partial charge on any atom is -0.462 e. The second-order valence-electron chi connectivity index (χ2n) is 19.9. The Kier molecular flexibility index (Phi) is 44.2. The molecule has 0 bridgehead atoms. The third-order valence-electron chi connectivity index (χ3n) is 12.1. The maximum Gasteiger partial charge on any atom is 0.306 e. The molecule has 0 fully saturated rings. The number of hydrogen-bond donors (Lipinski definition) is 0. The van der Waals surface area contributed by atoms with Crippen LogP contribution in [0.5, 0.6) is 0 Å². The van der Waals surface area contributed by atoms with Gasteiger partial charge in [-0.1, -0.05) is 253 Å². The standard InChI is InChI=1S/C54H104O6/c1-48(2)40-34-28-22-17-13-9-7-8-10-15-19-25-31-37-43-52(55)58-46-51(47-59-53(56)44-38-32-27-21-24-30-36-42-50(5)6)60-54(57)45-39-33-26-20-16-12-11-14-18-23-29-35-41-49(3)4/h48-51H,7-47H2,1-6H3/t51-/m0/s1. The number of esters is 3. The molecule has 0 amide bonds. The Balaban J connectivity index is 4.28. The molecule has 0 aromatic heterocycles. The van der Waals surface area contributed by atoms with Gasteiger partial charge in [0.25, 0.3) is 0 Å². The number of unbranched alkanes of at least 4 members (excludes halogenated alkanes) is 30. The van der Waals surface area contributed by atoms with E-state index in [1.807, 2.05) is 0 Å². The molecule has 0 aliphatic rings. The second-order valence-corrected chi connectivity index (χ2v) is 19.9. The average Bonchev–Trinajstić information content (AvgIpc) is 3.20. The molecule has 0 aliphatic carbocycles. The number of rotatable bonds is 47. The van der Waals surface area contributed by atoms with Crippen molar-refractivity contribution in [3.05, 3.63) is 0 Å². The summed E-state index contributed by atoms with van der Waals surface area (Å²) >= 11 is 0. The van der Waals surface area contributed by atoms with Crippen LogP contribution in [-0.4, -0.2) is 37.2 Å². The first kappa shape index (κ1) is 58.4. The molecule has 0 saturated heterocycles. The first-order valence-electron chi connectivity index (χ1n) is 26.6. The van der Waals surface area contributed by atoms with Crippen molar-refractivity contribution in [1.82, 2.24) is 0 Å². The fraction of sp³-hybridized carbons (Fsp3) is 0.944. The van der Waals surface area contributed by atoms with Gasteiger partial charge in [-0.05, 0) is 37.0 Å². The van der Waals surface area contributed by atoms with Gasteiger partial charge in [-0.3, -0.25) is 14.4 Å². The molecule has 0 heterocycles. The van der Waals surface area contributed by atoms with E-state index in [2.05, 4.69) is 41.5 Å². The molecule has 0 aromatic rings. The molecule has 0 saturated carbocycles. The summed E-state index contributed by atoms with van der Waals surface area (Å²) in [4.78, 5) is 37.9. The molecule has 6 heteroatoms. The van der Waals surface area contributed by atoms with Crippen molar-refractivity contribution in [3.63, 3.8) is 0 Å². The van der Waals surface area contributed by atoms with Crippen LogP contribution in [0, 0.1) is 17.8 Å². The van der Waals surface area contributed by atoms with Gasteiger partial charge in [-0.25, -0.2) is 0 Å². The van der Waals surface area contributed by atoms with Crippen molar-refractivity contribution in [2.45, 2.75) is 298 Å². The number of carbonyl (C=O) groups excluding carboxylic acids is 3. The molecular formula is C54H104O6. The highest BCUT2D eigenvalue weighted by Gasteiger charge is 2.19. The van der Waals surface area contributed by atoms with Crippen LogP contribution in [0.2, 0.25) is 0 Å². The summed E-state index contributed by atoms with van der Waals surface area (Å²) in [6.07, 6.45) is 45.3. The quantitative estimate of drug-likeness (QED) is 0.0345. The zero-order valence-electron chi connectivity index (χ0n) is 41.3. The van der Waals surface area contributed by atoms with E-state index < -0.39 is 6.10 Å². The van der Waals surface area contributed by atoms with Gasteiger partial charge < -0.3 is 14.2 Å². The van der Waals surface area contributed by atoms with Gasteiger partial charge in [-0.15, -0.1) is 0 Å². The van der Waals surface area contributed by atoms with Crippen LogP contribution in [0.25, 0.3) is 0 Å². The van der Waals surface area contributed by atoms with E-state index >= 15 is 0 Å². The van der Waals surface area contributed by atoms with Crippen molar-refractivity contribution in [2.75, 3.05) is 13.2 Å². The molecule has 60 heavy (non-hydrogen) atoms. The summed E-state index contributed by atoms with van der Waals surface area (Å²) in [7, 11) is 0. The Morgan fingerprint density at radius 2 is 0.483 bits per heavy atom. The Bertz CT molecular complexity index is 929. The third-order valence-corrected chi connectivity index (χ3v) is 12.1. The minimum absolute atomic E-state index is 0.0647. The maximum absolute atomic E-state index is 12.8. The summed E-state index contributed by atoms with van der Waals surface area (Å²) in [5.41, 5.74) is 0. The van der Waals surface area contributed by atoms with Crippen molar-refractivity contribution < 1.29 is 28.6 Å². The molecule has 0 N–H and O–H groups in total. The largest absolute Gasteiger partial charge is 0.462 e. The van der Waals surface area contributed by atoms with Gasteiger partial charge in [0.2, 0.25) is 0 Å². The van der Waals surface area contributed by atoms with E-state index in [9.17, 15) is 14.4 Å². The lowest BCUT2D eigenvalue weighted by atomic mass is 10.0. The van der Waals surface area contributed by atoms with E-state index in [-0.39, 0.29) is 31.1 Å². The highest BCUT2D eigenvalue weighted by molar-refractivity contribution is 5.71. The maximum atomic E-state index is 12.8. The number of hydrogen-bond acceptors (Lipinski definition) is 6. The molecule has 0 rings (SSSR count). The van der Waals surface area contributed by atoms with Gasteiger partial charge in [-0.2, -0.15) is 0 Å². The lowest BCUT2D eigenvalue weighted by Crippen LogP contribution is -2.30. The monoisotopic (exact) mass is 849 g/mol. The molecule has 1 atom stereocenters. The first-order valence-corrected chi connectivity index (χ1v) is 26.6. The zero-order chi connectivity index (χ0) is 44.2. The SMILES string of the molecule is CC(C)CCCCCCCCCCCCCCCCC(=O)OC[C@@H](COC(=O)CCCCCCCCCC(C)C)OC(=O)CCCCCCCCCCCCCCC(C)C. The zero-order valence-corrected chi connectivity index (χ0v) is 41.3. The average molecular weight is 849 g/mol. The van der Waals surface area contributed by atoms with Gasteiger partial charge in [0.05, 0.1) is 0 Å². The molecule has 0 unspecified atom stereocenters. The van der Waals surface area contributed by atoms with E-state index in [0.717, 1.165) is 75.5 Å². The highest BCUT2D eigenvalue weighted by Crippen LogP contribution is 2.18. The Labute approximate surface area is 374 Å². The summed E-state index contributed by atoms with van der Waals surface area (Å²) in [5.74, 6) is 1.61. The molecule has 6 nitrogen and oxygen atoms in total. The third kappa shape index (κ3) is 47.5. The normalized spacial score (nSPS) is 12.2. The molecule has 356 valence electrons. The predicted molar refractivity (Wildman–Crippen MR) is 256 cm³/mol. The summed E-state index contributed by atoms with van der Waals surface area (Å²) in [5, 5.41) is 0. The minimum atomic E-state index is -0.763. The molecule has 0 radical (unpaired) electrons. The van der Waals surface area contributed by atoms with E-state index in [1.165, 1.54) is 173 Å². The van der Waals surface area contributed by atoms with Crippen LogP contribution in [0.1, 0.15) is 292 Å². The van der Waals surface area contributed by atoms with Gasteiger partial charge in [0, 0.05) is 19.3 Å². The Morgan fingerprint density at radius 1 is 0.283 bits per heavy atom. The van der Waals surface area contributed by atoms with Gasteiger partial charge in [0.1, 0.15) is 13.2 Å². The van der Waals surface area contributed by atoms with Crippen molar-refractivity contribution >= 4 is 17.9 Å². The molecule has 0 spiro atoms. The van der Waals surface area contributed by atoms with Crippen molar-refractivity contribution in [2.24, 2.45) is 17.8 Å². The van der Waals surface area contributed by atoms with Gasteiger partial charge in [0.15, 0.2) is 6.10 Å². The van der Waals surface area contributed by atoms with Crippen molar-refractivity contribution in [1.29, 1.82) is 0 Å². The summed E-state index contributed by atoms with van der Waals surface area (Å²) in [6.45, 7) is 13.7. The predicted octanol–water partition coefficient (Wildman–Crippen LogP) is 17.2. The van der Waals surface area contributed by atoms with Crippen LogP contribution in [0.4, 0.5) is 0 Å². The van der Waals surface area contributed by atoms with Gasteiger partial charge >= 0.3 is 17.9 Å². The number of carbonyl (C=O) groups is 3. The Morgan fingerprint density at radius 3 is 0.717 bits per heavy atom. The lowest BCUT2D eigenvalue weighted by Gasteiger charge is -2.18. The lowest BCUT2D eigenvalue weighted by molar-refractivity contribution is -0.167. The molecule has 0 aliphatic heterocycles. The van der Waals surface area contributed by atoms with Crippen LogP contribution >= 0.6 is 0 Å². The highest BCUT2D eigenvalue weighted by atomic mass is 16.6. The van der Waals surface area contributed by atoms with E-state index in [4.69, 9.17) is 14.2 Å². The summed E-state index contributed by atoms with van der Waals surface area (Å²) < 4.78 is 16.8. The molecular weight excluding hydrogens is 745 g/mol. The smallest absolute Gasteiger partial charge is 0.306 e. The van der Waals surface area contributed by atoms with Crippen LogP contribution in [0.3, 0.4) is 0 Å². The van der Waals surface area contributed by atoms with Crippen LogP contribution in [0.15, 0.2) is 0 Å². The number of ether oxygens (including phenoxy) is 3. The Hall–Kier alpha value is -1.59. The van der Waals surface area contributed by atoms with E-state index in [0.29, 0.717) is 19.3 Å². The fourth-order valence-corrected chi connectivity index (χ4v) is 8.12. The van der Waals surface area contributed by atoms with Crippen LogP contribution < -0.4 is 0 Å². The second kappa shape index (κ2) is 45.4. The van der Waals surface area contributed by atoms with Crippen LogP contribution in [-0.2, 0) is 28.6 Å².